The number of methoxy groups -OCH3 is 1. The number of nitrogens with zero attached hydrogens (tertiary/aromatic N) is 1. The van der Waals surface area contributed by atoms with Crippen molar-refractivity contribution in [2.24, 2.45) is 0 Å². The molecule has 1 heterocycles. The van der Waals surface area contributed by atoms with Gasteiger partial charge in [0.15, 0.2) is 10.8 Å². The molecule has 2 aromatic rings. The molecule has 5 heteroatoms. The summed E-state index contributed by atoms with van der Waals surface area (Å²) in [6.07, 6.45) is 0. The molecule has 1 aromatic heterocycles. The molecular weight excluding hydrogens is 248 g/mol. The van der Waals surface area contributed by atoms with E-state index < -0.39 is 5.97 Å². The van der Waals surface area contributed by atoms with Gasteiger partial charge < -0.3 is 10.1 Å². The van der Waals surface area contributed by atoms with Crippen molar-refractivity contribution in [2.45, 2.75) is 13.8 Å². The second-order valence-corrected chi connectivity index (χ2v) is 4.83. The second-order valence-electron chi connectivity index (χ2n) is 3.97. The fourth-order valence-corrected chi connectivity index (χ4v) is 2.21. The number of aryl methyl sites for hydroxylation is 2. The van der Waals surface area contributed by atoms with Crippen LogP contribution in [-0.4, -0.2) is 18.1 Å². The van der Waals surface area contributed by atoms with Crippen LogP contribution in [0.2, 0.25) is 0 Å². The quantitative estimate of drug-likeness (QED) is 0.862. The first-order valence-electron chi connectivity index (χ1n) is 5.48. The molecule has 18 heavy (non-hydrogen) atoms. The number of hydrogen-bond donors (Lipinski definition) is 1. The lowest BCUT2D eigenvalue weighted by Crippen LogP contribution is -2.01. The highest BCUT2D eigenvalue weighted by atomic mass is 32.1. The van der Waals surface area contributed by atoms with Gasteiger partial charge in [-0.3, -0.25) is 0 Å². The van der Waals surface area contributed by atoms with E-state index in [2.05, 4.69) is 27.2 Å². The van der Waals surface area contributed by atoms with Gasteiger partial charge in [0.1, 0.15) is 0 Å². The minimum absolute atomic E-state index is 0.329. The Bertz CT molecular complexity index is 578. The Labute approximate surface area is 110 Å². The average Bonchev–Trinajstić information content (AvgIpc) is 2.81. The van der Waals surface area contributed by atoms with E-state index in [-0.39, 0.29) is 0 Å². The van der Waals surface area contributed by atoms with E-state index in [1.807, 2.05) is 19.9 Å². The van der Waals surface area contributed by atoms with E-state index in [0.29, 0.717) is 10.8 Å². The molecule has 1 aromatic carbocycles. The molecule has 0 bridgehead atoms. The van der Waals surface area contributed by atoms with Crippen LogP contribution < -0.4 is 5.32 Å². The predicted molar refractivity (Wildman–Crippen MR) is 72.7 cm³/mol. The molecule has 4 nitrogen and oxygen atoms in total. The molecular formula is C13H14N2O2S. The van der Waals surface area contributed by atoms with Gasteiger partial charge in [-0.05, 0) is 31.0 Å². The van der Waals surface area contributed by atoms with Gasteiger partial charge >= 0.3 is 5.97 Å². The molecule has 0 unspecified atom stereocenters. The summed E-state index contributed by atoms with van der Waals surface area (Å²) in [7, 11) is 1.35. The van der Waals surface area contributed by atoms with Crippen LogP contribution in [0.1, 0.15) is 21.6 Å². The number of ether oxygens (including phenoxy) is 1. The molecule has 0 atom stereocenters. The van der Waals surface area contributed by atoms with E-state index >= 15 is 0 Å². The lowest BCUT2D eigenvalue weighted by molar-refractivity contribution is 0.0595. The van der Waals surface area contributed by atoms with Gasteiger partial charge in [-0.2, -0.15) is 0 Å². The highest BCUT2D eigenvalue weighted by Crippen LogP contribution is 2.24. The number of carbonyl (C=O) groups is 1. The van der Waals surface area contributed by atoms with Crippen LogP contribution in [0.4, 0.5) is 10.8 Å². The van der Waals surface area contributed by atoms with Crippen LogP contribution in [0.25, 0.3) is 0 Å². The third-order valence-corrected chi connectivity index (χ3v) is 3.29. The standard InChI is InChI=1S/C13H14N2O2S/c1-8-4-5-9(2)10(6-8)14-13-15-11(7-18-13)12(16)17-3/h4-7H,1-3H3,(H,14,15). The second kappa shape index (κ2) is 5.18. The van der Waals surface area contributed by atoms with Crippen molar-refractivity contribution >= 4 is 28.1 Å². The fourth-order valence-electron chi connectivity index (χ4n) is 1.52. The Balaban J connectivity index is 2.21. The van der Waals surface area contributed by atoms with Gasteiger partial charge in [-0.15, -0.1) is 11.3 Å². The van der Waals surface area contributed by atoms with E-state index in [1.54, 1.807) is 5.38 Å². The summed E-state index contributed by atoms with van der Waals surface area (Å²) < 4.78 is 4.62. The Hall–Kier alpha value is -1.88. The fraction of sp³-hybridized carbons (Fsp3) is 0.231. The molecule has 94 valence electrons. The smallest absolute Gasteiger partial charge is 0.357 e. The largest absolute Gasteiger partial charge is 0.464 e. The molecule has 0 aliphatic carbocycles. The molecule has 0 aliphatic heterocycles. The number of rotatable bonds is 3. The summed E-state index contributed by atoms with van der Waals surface area (Å²) in [5.74, 6) is -0.416. The minimum Gasteiger partial charge on any atom is -0.464 e. The zero-order chi connectivity index (χ0) is 13.1. The Morgan fingerprint density at radius 3 is 2.89 bits per heavy atom. The number of carbonyl (C=O) groups excluding carboxylic acids is 1. The van der Waals surface area contributed by atoms with Crippen molar-refractivity contribution in [1.82, 2.24) is 4.98 Å². The Kier molecular flexibility index (Phi) is 3.62. The lowest BCUT2D eigenvalue weighted by atomic mass is 10.1. The number of esters is 1. The van der Waals surface area contributed by atoms with Crippen molar-refractivity contribution in [3.05, 3.63) is 40.4 Å². The van der Waals surface area contributed by atoms with Gasteiger partial charge in [-0.1, -0.05) is 12.1 Å². The van der Waals surface area contributed by atoms with Gasteiger partial charge in [-0.25, -0.2) is 9.78 Å². The van der Waals surface area contributed by atoms with Gasteiger partial charge in [0.2, 0.25) is 0 Å². The maximum Gasteiger partial charge on any atom is 0.357 e. The molecule has 0 saturated heterocycles. The first-order valence-corrected chi connectivity index (χ1v) is 6.36. The molecule has 2 rings (SSSR count). The number of thiazole rings is 1. The molecule has 0 spiro atoms. The minimum atomic E-state index is -0.416. The highest BCUT2D eigenvalue weighted by Gasteiger charge is 2.11. The number of anilines is 2. The maximum atomic E-state index is 11.3. The summed E-state index contributed by atoms with van der Waals surface area (Å²) in [6.45, 7) is 4.06. The number of nitrogens with one attached hydrogen (secondary N) is 1. The number of hydrogen-bond acceptors (Lipinski definition) is 5. The van der Waals surface area contributed by atoms with Crippen molar-refractivity contribution in [3.63, 3.8) is 0 Å². The molecule has 0 amide bonds. The van der Waals surface area contributed by atoms with E-state index in [9.17, 15) is 4.79 Å². The van der Waals surface area contributed by atoms with Crippen LogP contribution >= 0.6 is 11.3 Å². The average molecular weight is 262 g/mol. The van der Waals surface area contributed by atoms with Gasteiger partial charge in [0.25, 0.3) is 0 Å². The normalized spacial score (nSPS) is 10.2. The van der Waals surface area contributed by atoms with E-state index in [0.717, 1.165) is 11.3 Å². The molecule has 0 aliphatic rings. The summed E-state index contributed by atoms with van der Waals surface area (Å²) in [5.41, 5.74) is 3.64. The van der Waals surface area contributed by atoms with Crippen molar-refractivity contribution < 1.29 is 9.53 Å². The maximum absolute atomic E-state index is 11.3. The summed E-state index contributed by atoms with van der Waals surface area (Å²) in [6, 6.07) is 6.16. The van der Waals surface area contributed by atoms with E-state index in [4.69, 9.17) is 0 Å². The zero-order valence-electron chi connectivity index (χ0n) is 10.5. The monoisotopic (exact) mass is 262 g/mol. The molecule has 0 saturated carbocycles. The van der Waals surface area contributed by atoms with Crippen molar-refractivity contribution in [1.29, 1.82) is 0 Å². The SMILES string of the molecule is COC(=O)c1csc(Nc2cc(C)ccc2C)n1. The molecule has 0 radical (unpaired) electrons. The van der Waals surface area contributed by atoms with Crippen LogP contribution in [0, 0.1) is 13.8 Å². The third kappa shape index (κ3) is 2.68. The predicted octanol–water partition coefficient (Wildman–Crippen LogP) is 3.29. The van der Waals surface area contributed by atoms with Crippen LogP contribution in [-0.2, 0) is 4.74 Å². The Morgan fingerprint density at radius 2 is 2.17 bits per heavy atom. The highest BCUT2D eigenvalue weighted by molar-refractivity contribution is 7.14. The van der Waals surface area contributed by atoms with Crippen LogP contribution in [0.5, 0.6) is 0 Å². The molecule has 1 N–H and O–H groups in total. The number of aromatic nitrogens is 1. The van der Waals surface area contributed by atoms with Gasteiger partial charge in [0.05, 0.1) is 7.11 Å². The van der Waals surface area contributed by atoms with Crippen molar-refractivity contribution in [2.75, 3.05) is 12.4 Å². The Morgan fingerprint density at radius 1 is 1.39 bits per heavy atom. The summed E-state index contributed by atoms with van der Waals surface area (Å²) in [5, 5.41) is 5.58. The number of benzene rings is 1. The van der Waals surface area contributed by atoms with Crippen molar-refractivity contribution in [3.8, 4) is 0 Å². The first kappa shape index (κ1) is 12.6. The topological polar surface area (TPSA) is 51.2 Å². The van der Waals surface area contributed by atoms with Crippen LogP contribution in [0.15, 0.2) is 23.6 Å². The molecule has 0 fully saturated rings. The van der Waals surface area contributed by atoms with Crippen LogP contribution in [0.3, 0.4) is 0 Å². The summed E-state index contributed by atoms with van der Waals surface area (Å²) >= 11 is 1.38. The summed E-state index contributed by atoms with van der Waals surface area (Å²) in [4.78, 5) is 15.5. The third-order valence-electron chi connectivity index (χ3n) is 2.53. The van der Waals surface area contributed by atoms with Gasteiger partial charge in [0, 0.05) is 11.1 Å². The lowest BCUT2D eigenvalue weighted by Gasteiger charge is -2.07. The van der Waals surface area contributed by atoms with E-state index in [1.165, 1.54) is 24.0 Å². The zero-order valence-corrected chi connectivity index (χ0v) is 11.3. The first-order chi connectivity index (χ1) is 8.60.